The van der Waals surface area contributed by atoms with Gasteiger partial charge < -0.3 is 4.74 Å². The Hall–Kier alpha value is -1.23. The largest absolute Gasteiger partial charge is 0.462 e. The maximum Gasteiger partial charge on any atom is 0.346 e. The van der Waals surface area contributed by atoms with Gasteiger partial charge in [-0.1, -0.05) is 38.2 Å². The molecule has 0 aromatic rings. The van der Waals surface area contributed by atoms with Crippen LogP contribution in [-0.4, -0.2) is 12.6 Å². The minimum atomic E-state index is -0.304. The van der Waals surface area contributed by atoms with Crippen molar-refractivity contribution >= 4 is 5.97 Å². The van der Waals surface area contributed by atoms with E-state index < -0.39 is 0 Å². The lowest BCUT2D eigenvalue weighted by Gasteiger charge is -1.99. The summed E-state index contributed by atoms with van der Waals surface area (Å²) in [6.45, 7) is 6.21. The molecular weight excluding hydrogens is 176 g/mol. The van der Waals surface area contributed by atoms with Crippen LogP contribution in [0.25, 0.3) is 0 Å². The zero-order valence-corrected chi connectivity index (χ0v) is 9.22. The van der Waals surface area contributed by atoms with E-state index >= 15 is 0 Å². The average molecular weight is 194 g/mol. The van der Waals surface area contributed by atoms with Crippen LogP contribution < -0.4 is 0 Å². The summed E-state index contributed by atoms with van der Waals surface area (Å²) < 4.78 is 4.89. The molecule has 0 saturated heterocycles. The Labute approximate surface area is 86.3 Å². The summed E-state index contributed by atoms with van der Waals surface area (Å²) in [6.07, 6.45) is 4.48. The van der Waals surface area contributed by atoms with Crippen LogP contribution >= 0.6 is 0 Å². The van der Waals surface area contributed by atoms with Crippen molar-refractivity contribution in [2.75, 3.05) is 6.61 Å². The third-order valence-corrected chi connectivity index (χ3v) is 1.53. The van der Waals surface area contributed by atoms with Gasteiger partial charge in [0.15, 0.2) is 0 Å². The van der Waals surface area contributed by atoms with E-state index in [1.807, 2.05) is 13.0 Å². The van der Waals surface area contributed by atoms with Crippen LogP contribution in [0.5, 0.6) is 0 Å². The fourth-order valence-corrected chi connectivity index (χ4v) is 0.867. The molecule has 0 aliphatic carbocycles. The molecule has 0 aliphatic rings. The standard InChI is InChI=1S/C12H18O2/c1-4-7-9-11(10-8-5-2)12(13)14-6-3/h9H,4-7H2,1-3H3/b11-9+. The molecule has 0 saturated carbocycles. The summed E-state index contributed by atoms with van der Waals surface area (Å²) in [5.74, 6) is 5.40. The second-order valence-corrected chi connectivity index (χ2v) is 2.78. The van der Waals surface area contributed by atoms with Crippen molar-refractivity contribution in [1.29, 1.82) is 0 Å². The first kappa shape index (κ1) is 12.8. The number of esters is 1. The monoisotopic (exact) mass is 194 g/mol. The van der Waals surface area contributed by atoms with Crippen molar-refractivity contribution in [2.45, 2.75) is 40.0 Å². The van der Waals surface area contributed by atoms with E-state index in [-0.39, 0.29) is 5.97 Å². The minimum absolute atomic E-state index is 0.304. The van der Waals surface area contributed by atoms with Gasteiger partial charge in [-0.15, -0.1) is 0 Å². The zero-order valence-electron chi connectivity index (χ0n) is 9.22. The molecule has 0 bridgehead atoms. The molecule has 0 radical (unpaired) electrons. The molecular formula is C12H18O2. The number of hydrogen-bond acceptors (Lipinski definition) is 2. The van der Waals surface area contributed by atoms with Gasteiger partial charge in [0.2, 0.25) is 0 Å². The van der Waals surface area contributed by atoms with Gasteiger partial charge >= 0.3 is 5.97 Å². The normalized spacial score (nSPS) is 10.4. The van der Waals surface area contributed by atoms with Crippen molar-refractivity contribution in [3.05, 3.63) is 11.6 Å². The molecule has 0 aromatic carbocycles. The molecule has 2 nitrogen and oxygen atoms in total. The van der Waals surface area contributed by atoms with E-state index in [0.717, 1.165) is 19.3 Å². The molecule has 0 N–H and O–H groups in total. The minimum Gasteiger partial charge on any atom is -0.462 e. The van der Waals surface area contributed by atoms with Crippen LogP contribution in [0.4, 0.5) is 0 Å². The molecule has 2 heteroatoms. The Balaban J connectivity index is 4.46. The number of carbonyl (C=O) groups is 1. The number of carbonyl (C=O) groups excluding carboxylic acids is 1. The van der Waals surface area contributed by atoms with E-state index in [1.165, 1.54) is 0 Å². The molecule has 0 heterocycles. The molecule has 78 valence electrons. The summed E-state index contributed by atoms with van der Waals surface area (Å²) in [7, 11) is 0. The summed E-state index contributed by atoms with van der Waals surface area (Å²) in [6, 6.07) is 0. The van der Waals surface area contributed by atoms with Crippen LogP contribution in [0.15, 0.2) is 11.6 Å². The van der Waals surface area contributed by atoms with E-state index in [0.29, 0.717) is 12.2 Å². The van der Waals surface area contributed by atoms with Gasteiger partial charge in [-0.3, -0.25) is 0 Å². The second kappa shape index (κ2) is 8.37. The van der Waals surface area contributed by atoms with Gasteiger partial charge in [0, 0.05) is 6.42 Å². The van der Waals surface area contributed by atoms with Crippen LogP contribution in [0, 0.1) is 11.8 Å². The Morgan fingerprint density at radius 3 is 2.57 bits per heavy atom. The average Bonchev–Trinajstić information content (AvgIpc) is 2.18. The van der Waals surface area contributed by atoms with Crippen molar-refractivity contribution in [3.8, 4) is 11.8 Å². The predicted octanol–water partition coefficient (Wildman–Crippen LogP) is 2.69. The Morgan fingerprint density at radius 2 is 2.07 bits per heavy atom. The Kier molecular flexibility index (Phi) is 7.64. The highest BCUT2D eigenvalue weighted by Gasteiger charge is 2.05. The highest BCUT2D eigenvalue weighted by atomic mass is 16.5. The summed E-state index contributed by atoms with van der Waals surface area (Å²) in [5.41, 5.74) is 0.496. The van der Waals surface area contributed by atoms with Crippen molar-refractivity contribution in [2.24, 2.45) is 0 Å². The van der Waals surface area contributed by atoms with Gasteiger partial charge in [0.05, 0.1) is 6.61 Å². The van der Waals surface area contributed by atoms with E-state index in [2.05, 4.69) is 18.8 Å². The molecule has 0 aliphatic heterocycles. The lowest BCUT2D eigenvalue weighted by Crippen LogP contribution is -2.06. The van der Waals surface area contributed by atoms with Crippen LogP contribution in [-0.2, 0) is 9.53 Å². The maximum atomic E-state index is 11.4. The molecule has 14 heavy (non-hydrogen) atoms. The summed E-state index contributed by atoms with van der Waals surface area (Å²) in [5, 5.41) is 0. The summed E-state index contributed by atoms with van der Waals surface area (Å²) in [4.78, 5) is 11.4. The molecule has 0 fully saturated rings. The first-order valence-electron chi connectivity index (χ1n) is 5.12. The second-order valence-electron chi connectivity index (χ2n) is 2.78. The maximum absolute atomic E-state index is 11.4. The van der Waals surface area contributed by atoms with Crippen LogP contribution in [0.1, 0.15) is 40.0 Å². The SMILES string of the molecule is CCC#C/C(=C\CCC)C(=O)OCC. The van der Waals surface area contributed by atoms with E-state index in [9.17, 15) is 4.79 Å². The van der Waals surface area contributed by atoms with Gasteiger partial charge in [0.1, 0.15) is 5.57 Å². The fraction of sp³-hybridized carbons (Fsp3) is 0.583. The van der Waals surface area contributed by atoms with E-state index in [1.54, 1.807) is 6.92 Å². The van der Waals surface area contributed by atoms with Crippen LogP contribution in [0.3, 0.4) is 0 Å². The molecule has 0 unspecified atom stereocenters. The Morgan fingerprint density at radius 1 is 1.36 bits per heavy atom. The number of hydrogen-bond donors (Lipinski definition) is 0. The van der Waals surface area contributed by atoms with Gasteiger partial charge in [-0.05, 0) is 13.3 Å². The number of rotatable bonds is 4. The Bertz CT molecular complexity index is 253. The highest BCUT2D eigenvalue weighted by molar-refractivity contribution is 5.93. The quantitative estimate of drug-likeness (QED) is 0.391. The third kappa shape index (κ3) is 5.42. The molecule has 0 amide bonds. The topological polar surface area (TPSA) is 26.3 Å². The summed E-state index contributed by atoms with van der Waals surface area (Å²) >= 11 is 0. The molecule has 0 atom stereocenters. The van der Waals surface area contributed by atoms with Crippen LogP contribution in [0.2, 0.25) is 0 Å². The number of allylic oxidation sites excluding steroid dienone is 1. The number of unbranched alkanes of at least 4 members (excludes halogenated alkanes) is 1. The third-order valence-electron chi connectivity index (χ3n) is 1.53. The van der Waals surface area contributed by atoms with Gasteiger partial charge in [-0.2, -0.15) is 0 Å². The molecule has 0 rings (SSSR count). The number of ether oxygens (including phenoxy) is 1. The first-order chi connectivity index (χ1) is 6.76. The van der Waals surface area contributed by atoms with Gasteiger partial charge in [-0.25, -0.2) is 4.79 Å². The predicted molar refractivity (Wildman–Crippen MR) is 57.7 cm³/mol. The fourth-order valence-electron chi connectivity index (χ4n) is 0.867. The highest BCUT2D eigenvalue weighted by Crippen LogP contribution is 2.01. The van der Waals surface area contributed by atoms with E-state index in [4.69, 9.17) is 4.74 Å². The molecule has 0 spiro atoms. The lowest BCUT2D eigenvalue weighted by atomic mass is 10.2. The lowest BCUT2D eigenvalue weighted by molar-refractivity contribution is -0.138. The van der Waals surface area contributed by atoms with Crippen molar-refractivity contribution in [1.82, 2.24) is 0 Å². The zero-order chi connectivity index (χ0) is 10.8. The van der Waals surface area contributed by atoms with Crippen molar-refractivity contribution < 1.29 is 9.53 Å². The first-order valence-corrected chi connectivity index (χ1v) is 5.12. The molecule has 0 aromatic heterocycles. The van der Waals surface area contributed by atoms with Crippen molar-refractivity contribution in [3.63, 3.8) is 0 Å². The van der Waals surface area contributed by atoms with Gasteiger partial charge in [0.25, 0.3) is 0 Å². The smallest absolute Gasteiger partial charge is 0.346 e.